The fourth-order valence-electron chi connectivity index (χ4n) is 1.73. The Kier molecular flexibility index (Phi) is 5.99. The predicted molar refractivity (Wildman–Crippen MR) is 75.5 cm³/mol. The zero-order chi connectivity index (χ0) is 13.4. The van der Waals surface area contributed by atoms with Gasteiger partial charge in [0.15, 0.2) is 11.5 Å². The van der Waals surface area contributed by atoms with Crippen LogP contribution in [0.2, 0.25) is 0 Å². The molecule has 1 aromatic rings. The van der Waals surface area contributed by atoms with Gasteiger partial charge in [-0.3, -0.25) is 0 Å². The van der Waals surface area contributed by atoms with Gasteiger partial charge in [-0.25, -0.2) is 0 Å². The standard InChI is InChI=1S/C15H25NO2/c1-5-11-16-12-15(3,6-2)18-14-10-8-7-9-13(14)17-4/h7-10,16H,5-6,11-12H2,1-4H3. The van der Waals surface area contributed by atoms with Crippen LogP contribution in [-0.2, 0) is 0 Å². The molecule has 18 heavy (non-hydrogen) atoms. The third-order valence-corrected chi connectivity index (χ3v) is 3.10. The lowest BCUT2D eigenvalue weighted by atomic mass is 10.0. The summed E-state index contributed by atoms with van der Waals surface area (Å²) in [5.74, 6) is 1.59. The average molecular weight is 251 g/mol. The Bertz CT molecular complexity index is 354. The molecule has 0 aliphatic heterocycles. The van der Waals surface area contributed by atoms with Crippen molar-refractivity contribution in [3.8, 4) is 11.5 Å². The van der Waals surface area contributed by atoms with Crippen LogP contribution < -0.4 is 14.8 Å². The fourth-order valence-corrected chi connectivity index (χ4v) is 1.73. The molecule has 1 atom stereocenters. The molecule has 0 aliphatic rings. The van der Waals surface area contributed by atoms with Gasteiger partial charge in [0.05, 0.1) is 7.11 Å². The van der Waals surface area contributed by atoms with Crippen molar-refractivity contribution in [1.82, 2.24) is 5.32 Å². The Balaban J connectivity index is 2.71. The summed E-state index contributed by atoms with van der Waals surface area (Å²) in [6.07, 6.45) is 2.08. The number of methoxy groups -OCH3 is 1. The van der Waals surface area contributed by atoms with Gasteiger partial charge in [-0.1, -0.05) is 26.0 Å². The third-order valence-electron chi connectivity index (χ3n) is 3.10. The second-order valence-corrected chi connectivity index (χ2v) is 4.73. The van der Waals surface area contributed by atoms with Crippen LogP contribution in [0.4, 0.5) is 0 Å². The Morgan fingerprint density at radius 2 is 1.83 bits per heavy atom. The van der Waals surface area contributed by atoms with Crippen molar-refractivity contribution in [3.05, 3.63) is 24.3 Å². The van der Waals surface area contributed by atoms with E-state index in [-0.39, 0.29) is 5.60 Å². The van der Waals surface area contributed by atoms with E-state index in [1.807, 2.05) is 24.3 Å². The molecule has 3 nitrogen and oxygen atoms in total. The predicted octanol–water partition coefficient (Wildman–Crippen LogP) is 3.24. The number of nitrogens with one attached hydrogen (secondary N) is 1. The van der Waals surface area contributed by atoms with E-state index in [2.05, 4.69) is 26.1 Å². The zero-order valence-electron chi connectivity index (χ0n) is 12.0. The van der Waals surface area contributed by atoms with Crippen LogP contribution in [0.5, 0.6) is 11.5 Å². The normalized spacial score (nSPS) is 14.0. The molecule has 0 aromatic heterocycles. The second-order valence-electron chi connectivity index (χ2n) is 4.73. The number of rotatable bonds is 8. The van der Waals surface area contributed by atoms with Crippen LogP contribution in [0.1, 0.15) is 33.6 Å². The van der Waals surface area contributed by atoms with Gasteiger partial charge < -0.3 is 14.8 Å². The number of hydrogen-bond donors (Lipinski definition) is 1. The highest BCUT2D eigenvalue weighted by Crippen LogP contribution is 2.30. The van der Waals surface area contributed by atoms with Crippen molar-refractivity contribution in [2.24, 2.45) is 0 Å². The lowest BCUT2D eigenvalue weighted by Crippen LogP contribution is -2.42. The molecular weight excluding hydrogens is 226 g/mol. The average Bonchev–Trinajstić information content (AvgIpc) is 2.40. The molecule has 0 bridgehead atoms. The summed E-state index contributed by atoms with van der Waals surface area (Å²) in [7, 11) is 1.67. The lowest BCUT2D eigenvalue weighted by molar-refractivity contribution is 0.0801. The van der Waals surface area contributed by atoms with Crippen LogP contribution in [0, 0.1) is 0 Å². The molecule has 0 radical (unpaired) electrons. The van der Waals surface area contributed by atoms with Crippen LogP contribution >= 0.6 is 0 Å². The first kappa shape index (κ1) is 14.8. The molecule has 1 unspecified atom stereocenters. The van der Waals surface area contributed by atoms with Crippen molar-refractivity contribution >= 4 is 0 Å². The minimum Gasteiger partial charge on any atom is -0.493 e. The maximum Gasteiger partial charge on any atom is 0.162 e. The van der Waals surface area contributed by atoms with Gasteiger partial charge in [0.1, 0.15) is 5.60 Å². The topological polar surface area (TPSA) is 30.5 Å². The van der Waals surface area contributed by atoms with E-state index in [0.717, 1.165) is 37.4 Å². The van der Waals surface area contributed by atoms with Gasteiger partial charge in [-0.05, 0) is 38.4 Å². The monoisotopic (exact) mass is 251 g/mol. The summed E-state index contributed by atoms with van der Waals surface area (Å²) in [6.45, 7) is 8.29. The first-order valence-corrected chi connectivity index (χ1v) is 6.68. The smallest absolute Gasteiger partial charge is 0.162 e. The van der Waals surface area contributed by atoms with E-state index in [9.17, 15) is 0 Å². The van der Waals surface area contributed by atoms with E-state index in [1.165, 1.54) is 0 Å². The van der Waals surface area contributed by atoms with Crippen molar-refractivity contribution < 1.29 is 9.47 Å². The van der Waals surface area contributed by atoms with Crippen molar-refractivity contribution in [2.45, 2.75) is 39.2 Å². The van der Waals surface area contributed by atoms with Crippen LogP contribution in [0.15, 0.2) is 24.3 Å². The fraction of sp³-hybridized carbons (Fsp3) is 0.600. The van der Waals surface area contributed by atoms with Crippen LogP contribution in [0.3, 0.4) is 0 Å². The lowest BCUT2D eigenvalue weighted by Gasteiger charge is -2.30. The first-order valence-electron chi connectivity index (χ1n) is 6.68. The number of benzene rings is 1. The number of hydrogen-bond acceptors (Lipinski definition) is 3. The van der Waals surface area contributed by atoms with E-state index in [1.54, 1.807) is 7.11 Å². The molecule has 1 rings (SSSR count). The van der Waals surface area contributed by atoms with Crippen molar-refractivity contribution in [1.29, 1.82) is 0 Å². The maximum absolute atomic E-state index is 6.13. The minimum atomic E-state index is -0.205. The van der Waals surface area contributed by atoms with Crippen molar-refractivity contribution in [2.75, 3.05) is 20.2 Å². The molecule has 0 spiro atoms. The van der Waals surface area contributed by atoms with Gasteiger partial charge >= 0.3 is 0 Å². The Morgan fingerprint density at radius 3 is 2.39 bits per heavy atom. The largest absolute Gasteiger partial charge is 0.493 e. The quantitative estimate of drug-likeness (QED) is 0.719. The third kappa shape index (κ3) is 4.22. The Labute approximate surface area is 110 Å². The van der Waals surface area contributed by atoms with Crippen LogP contribution in [-0.4, -0.2) is 25.8 Å². The maximum atomic E-state index is 6.13. The summed E-state index contributed by atoms with van der Waals surface area (Å²) >= 11 is 0. The number of para-hydroxylation sites is 2. The molecule has 1 N–H and O–H groups in total. The van der Waals surface area contributed by atoms with E-state index in [0.29, 0.717) is 0 Å². The van der Waals surface area contributed by atoms with E-state index in [4.69, 9.17) is 9.47 Å². The summed E-state index contributed by atoms with van der Waals surface area (Å²) in [5, 5.41) is 3.42. The van der Waals surface area contributed by atoms with Gasteiger partial charge in [0.2, 0.25) is 0 Å². The molecule has 0 amide bonds. The molecule has 0 fully saturated rings. The Hall–Kier alpha value is -1.22. The summed E-state index contributed by atoms with van der Waals surface area (Å²) in [4.78, 5) is 0. The molecule has 0 saturated heterocycles. The van der Waals surface area contributed by atoms with E-state index >= 15 is 0 Å². The molecule has 0 heterocycles. The highest BCUT2D eigenvalue weighted by atomic mass is 16.5. The Morgan fingerprint density at radius 1 is 1.17 bits per heavy atom. The first-order chi connectivity index (χ1) is 8.65. The summed E-state index contributed by atoms with van der Waals surface area (Å²) in [5.41, 5.74) is -0.205. The minimum absolute atomic E-state index is 0.205. The highest BCUT2D eigenvalue weighted by molar-refractivity contribution is 5.39. The van der Waals surface area contributed by atoms with Crippen molar-refractivity contribution in [3.63, 3.8) is 0 Å². The summed E-state index contributed by atoms with van der Waals surface area (Å²) in [6, 6.07) is 7.79. The van der Waals surface area contributed by atoms with Crippen LogP contribution in [0.25, 0.3) is 0 Å². The summed E-state index contributed by atoms with van der Waals surface area (Å²) < 4.78 is 11.4. The SMILES string of the molecule is CCCNCC(C)(CC)Oc1ccccc1OC. The van der Waals surface area contributed by atoms with Gasteiger partial charge in [0.25, 0.3) is 0 Å². The molecule has 0 saturated carbocycles. The van der Waals surface area contributed by atoms with E-state index < -0.39 is 0 Å². The van der Waals surface area contributed by atoms with Gasteiger partial charge in [-0.15, -0.1) is 0 Å². The van der Waals surface area contributed by atoms with Gasteiger partial charge in [-0.2, -0.15) is 0 Å². The second kappa shape index (κ2) is 7.27. The number of ether oxygens (including phenoxy) is 2. The van der Waals surface area contributed by atoms with Gasteiger partial charge in [0, 0.05) is 6.54 Å². The molecular formula is C15H25NO2. The highest BCUT2D eigenvalue weighted by Gasteiger charge is 2.24. The zero-order valence-corrected chi connectivity index (χ0v) is 12.0. The molecule has 0 aliphatic carbocycles. The molecule has 102 valence electrons. The molecule has 1 aromatic carbocycles. The molecule has 3 heteroatoms.